The van der Waals surface area contributed by atoms with Crippen molar-refractivity contribution >= 4 is 41.7 Å². The molecule has 1 aliphatic rings. The van der Waals surface area contributed by atoms with Crippen molar-refractivity contribution in [3.8, 4) is 0 Å². The maximum atomic E-state index is 13.6. The highest BCUT2D eigenvalue weighted by atomic mass is 35.5. The Morgan fingerprint density at radius 3 is 2.29 bits per heavy atom. The number of benzene rings is 2. The molecule has 164 valence electrons. The van der Waals surface area contributed by atoms with E-state index in [1.807, 2.05) is 27.7 Å². The Hall–Kier alpha value is -2.42. The third kappa shape index (κ3) is 5.09. The smallest absolute Gasteiger partial charge is 0.447 e. The molecule has 1 amide bonds. The van der Waals surface area contributed by atoms with E-state index >= 15 is 0 Å². The molecule has 0 aliphatic carbocycles. The van der Waals surface area contributed by atoms with Crippen LogP contribution in [-0.4, -0.2) is 30.2 Å². The lowest BCUT2D eigenvalue weighted by Gasteiger charge is -2.32. The summed E-state index contributed by atoms with van der Waals surface area (Å²) in [7, 11) is -0.650. The van der Waals surface area contributed by atoms with Gasteiger partial charge in [0, 0.05) is 28.7 Å². The molecule has 1 aliphatic heterocycles. The van der Waals surface area contributed by atoms with E-state index in [4.69, 9.17) is 25.6 Å². The van der Waals surface area contributed by atoms with E-state index in [1.54, 1.807) is 18.2 Å². The third-order valence-corrected chi connectivity index (χ3v) is 5.78. The van der Waals surface area contributed by atoms with Crippen molar-refractivity contribution in [1.29, 1.82) is 0 Å². The summed E-state index contributed by atoms with van der Waals surface area (Å²) in [5.74, 6) is -1.85. The van der Waals surface area contributed by atoms with Crippen LogP contribution in [0.5, 0.6) is 0 Å². The molecular formula is C22H24BClFNO5. The van der Waals surface area contributed by atoms with E-state index in [2.05, 4.69) is 5.32 Å². The van der Waals surface area contributed by atoms with Crippen LogP contribution >= 0.6 is 11.6 Å². The Kier molecular flexibility index (Phi) is 6.46. The third-order valence-electron chi connectivity index (χ3n) is 5.45. The first-order valence-corrected chi connectivity index (χ1v) is 10.2. The fourth-order valence-corrected chi connectivity index (χ4v) is 3.35. The Morgan fingerprint density at radius 1 is 1.10 bits per heavy atom. The lowest BCUT2D eigenvalue weighted by molar-refractivity contribution is -0.152. The van der Waals surface area contributed by atoms with E-state index in [-0.39, 0.29) is 5.56 Å². The number of hydrogen-bond acceptors (Lipinski definition) is 5. The molecule has 6 nitrogen and oxygen atoms in total. The molecule has 9 heteroatoms. The summed E-state index contributed by atoms with van der Waals surface area (Å²) >= 11 is 6.43. The average molecular weight is 448 g/mol. The van der Waals surface area contributed by atoms with Crippen LogP contribution < -0.4 is 10.8 Å². The average Bonchev–Trinajstić information content (AvgIpc) is 2.86. The molecule has 1 saturated heterocycles. The lowest BCUT2D eigenvalue weighted by atomic mass is 9.79. The Bertz CT molecular complexity index is 997. The minimum absolute atomic E-state index is 0.215. The standard InChI is InChI=1S/C22H24BClFNO5/c1-13(27)29-19(14-7-6-8-15(25)11-14)20(28)26-16-9-10-17(18(24)12-16)23-30-21(2,3)22(4,5)31-23/h6-12,19H,1-5H3,(H,26,28). The van der Waals surface area contributed by atoms with Gasteiger partial charge in [-0.1, -0.05) is 29.8 Å². The molecule has 3 rings (SSSR count). The number of ether oxygens (including phenoxy) is 1. The monoisotopic (exact) mass is 447 g/mol. The molecule has 1 unspecified atom stereocenters. The van der Waals surface area contributed by atoms with Gasteiger partial charge in [0.1, 0.15) is 5.82 Å². The summed E-state index contributed by atoms with van der Waals surface area (Å²) in [5, 5.41) is 2.99. The zero-order valence-corrected chi connectivity index (χ0v) is 18.7. The van der Waals surface area contributed by atoms with Gasteiger partial charge in [-0.15, -0.1) is 0 Å². The van der Waals surface area contributed by atoms with Gasteiger partial charge in [-0.3, -0.25) is 9.59 Å². The molecule has 0 spiro atoms. The van der Waals surface area contributed by atoms with Gasteiger partial charge in [0.2, 0.25) is 6.10 Å². The van der Waals surface area contributed by atoms with Gasteiger partial charge in [-0.25, -0.2) is 4.39 Å². The van der Waals surface area contributed by atoms with Gasteiger partial charge in [0.05, 0.1) is 11.2 Å². The number of esters is 1. The zero-order chi connectivity index (χ0) is 23.0. The number of halogens is 2. The fraction of sp³-hybridized carbons (Fsp3) is 0.364. The second kappa shape index (κ2) is 8.61. The lowest BCUT2D eigenvalue weighted by Crippen LogP contribution is -2.41. The van der Waals surface area contributed by atoms with Crippen molar-refractivity contribution < 1.29 is 28.0 Å². The van der Waals surface area contributed by atoms with Crippen LogP contribution in [0.25, 0.3) is 0 Å². The quantitative estimate of drug-likeness (QED) is 0.553. The molecule has 2 aromatic carbocycles. The van der Waals surface area contributed by atoms with Gasteiger partial charge in [-0.2, -0.15) is 0 Å². The first-order chi connectivity index (χ1) is 14.4. The summed E-state index contributed by atoms with van der Waals surface area (Å²) in [4.78, 5) is 24.3. The first kappa shape index (κ1) is 23.3. The molecular weight excluding hydrogens is 424 g/mol. The number of rotatable bonds is 5. The van der Waals surface area contributed by atoms with E-state index in [1.165, 1.54) is 25.1 Å². The van der Waals surface area contributed by atoms with Crippen LogP contribution in [-0.2, 0) is 23.6 Å². The summed E-state index contributed by atoms with van der Waals surface area (Å²) in [6.07, 6.45) is -1.31. The molecule has 0 radical (unpaired) electrons. The topological polar surface area (TPSA) is 73.9 Å². The number of carbonyl (C=O) groups excluding carboxylic acids is 2. The number of nitrogens with one attached hydrogen (secondary N) is 1. The molecule has 0 aromatic heterocycles. The van der Waals surface area contributed by atoms with E-state index < -0.39 is 42.1 Å². The maximum absolute atomic E-state index is 13.6. The maximum Gasteiger partial charge on any atom is 0.496 e. The zero-order valence-electron chi connectivity index (χ0n) is 18.0. The summed E-state index contributed by atoms with van der Waals surface area (Å²) in [6, 6.07) is 10.2. The largest absolute Gasteiger partial charge is 0.496 e. The number of hydrogen-bond donors (Lipinski definition) is 1. The van der Waals surface area contributed by atoms with Crippen molar-refractivity contribution in [3.63, 3.8) is 0 Å². The predicted molar refractivity (Wildman–Crippen MR) is 117 cm³/mol. The van der Waals surface area contributed by atoms with Crippen molar-refractivity contribution in [2.45, 2.75) is 51.9 Å². The van der Waals surface area contributed by atoms with Gasteiger partial charge in [0.15, 0.2) is 0 Å². The van der Waals surface area contributed by atoms with Crippen molar-refractivity contribution in [2.24, 2.45) is 0 Å². The Balaban J connectivity index is 1.80. The molecule has 1 N–H and O–H groups in total. The van der Waals surface area contributed by atoms with Crippen LogP contribution in [0.15, 0.2) is 42.5 Å². The van der Waals surface area contributed by atoms with Gasteiger partial charge in [-0.05, 0) is 52.0 Å². The SMILES string of the molecule is CC(=O)OC(C(=O)Nc1ccc(B2OC(C)(C)C(C)(C)O2)c(Cl)c1)c1cccc(F)c1. The Labute approximate surface area is 186 Å². The fourth-order valence-electron chi connectivity index (χ4n) is 3.08. The van der Waals surface area contributed by atoms with Crippen LogP contribution in [0.3, 0.4) is 0 Å². The molecule has 1 atom stereocenters. The van der Waals surface area contributed by atoms with Crippen molar-refractivity contribution in [1.82, 2.24) is 0 Å². The summed E-state index contributed by atoms with van der Waals surface area (Å²) in [6.45, 7) is 8.94. The molecule has 1 heterocycles. The highest BCUT2D eigenvalue weighted by molar-refractivity contribution is 6.65. The molecule has 0 bridgehead atoms. The second-order valence-corrected chi connectivity index (χ2v) is 8.77. The van der Waals surface area contributed by atoms with Crippen LogP contribution in [0.4, 0.5) is 10.1 Å². The van der Waals surface area contributed by atoms with Crippen molar-refractivity contribution in [2.75, 3.05) is 5.32 Å². The number of carbonyl (C=O) groups is 2. The van der Waals surface area contributed by atoms with Crippen LogP contribution in [0, 0.1) is 5.82 Å². The van der Waals surface area contributed by atoms with E-state index in [0.717, 1.165) is 6.07 Å². The van der Waals surface area contributed by atoms with Gasteiger partial charge < -0.3 is 19.4 Å². The van der Waals surface area contributed by atoms with Crippen molar-refractivity contribution in [3.05, 3.63) is 58.9 Å². The minimum atomic E-state index is -1.31. The second-order valence-electron chi connectivity index (χ2n) is 8.36. The molecule has 31 heavy (non-hydrogen) atoms. The van der Waals surface area contributed by atoms with E-state index in [9.17, 15) is 14.0 Å². The molecule has 1 fully saturated rings. The minimum Gasteiger partial charge on any atom is -0.447 e. The van der Waals surface area contributed by atoms with Crippen LogP contribution in [0.2, 0.25) is 5.02 Å². The van der Waals surface area contributed by atoms with Crippen LogP contribution in [0.1, 0.15) is 46.3 Å². The molecule has 2 aromatic rings. The Morgan fingerprint density at radius 2 is 1.74 bits per heavy atom. The normalized spacial score (nSPS) is 17.8. The molecule has 0 saturated carbocycles. The number of amides is 1. The highest BCUT2D eigenvalue weighted by Gasteiger charge is 2.52. The highest BCUT2D eigenvalue weighted by Crippen LogP contribution is 2.37. The summed E-state index contributed by atoms with van der Waals surface area (Å²) < 4.78 is 30.7. The predicted octanol–water partition coefficient (Wildman–Crippen LogP) is 4.02. The summed E-state index contributed by atoms with van der Waals surface area (Å²) in [5.41, 5.74) is 0.183. The van der Waals surface area contributed by atoms with Gasteiger partial charge in [0.25, 0.3) is 5.91 Å². The first-order valence-electron chi connectivity index (χ1n) is 9.78. The van der Waals surface area contributed by atoms with E-state index in [0.29, 0.717) is 16.2 Å². The number of anilines is 1. The van der Waals surface area contributed by atoms with Gasteiger partial charge >= 0.3 is 13.1 Å².